The van der Waals surface area contributed by atoms with Gasteiger partial charge in [0.25, 0.3) is 0 Å². The molecule has 0 N–H and O–H groups in total. The molecule has 6 nitrogen and oxygen atoms in total. The summed E-state index contributed by atoms with van der Waals surface area (Å²) in [6.45, 7) is 0.618. The molecule has 16 heavy (non-hydrogen) atoms. The minimum Gasteiger partial charge on any atom is -0.325 e. The Hall–Kier alpha value is -1.72. The molecular weight excluding hydrogens is 208 g/mol. The van der Waals surface area contributed by atoms with Gasteiger partial charge in [0.2, 0.25) is 0 Å². The molecule has 2 heterocycles. The van der Waals surface area contributed by atoms with Gasteiger partial charge in [0, 0.05) is 40.9 Å². The van der Waals surface area contributed by atoms with Crippen LogP contribution < -0.4 is 5.69 Å². The van der Waals surface area contributed by atoms with Crippen LogP contribution in [-0.2, 0) is 14.1 Å². The van der Waals surface area contributed by atoms with Gasteiger partial charge in [-0.3, -0.25) is 4.57 Å². The fourth-order valence-electron chi connectivity index (χ4n) is 2.15. The zero-order valence-electron chi connectivity index (χ0n) is 9.97. The third kappa shape index (κ3) is 1.33. The van der Waals surface area contributed by atoms with E-state index in [2.05, 4.69) is 0 Å². The third-order valence-electron chi connectivity index (χ3n) is 3.19. The first kappa shape index (κ1) is 10.8. The molecule has 0 spiro atoms. The lowest BCUT2D eigenvalue weighted by Crippen LogP contribution is -2.28. The Bertz CT molecular complexity index is 487. The molecule has 88 valence electrons. The Kier molecular flexibility index (Phi) is 2.29. The maximum Gasteiger partial charge on any atom is 0.327 e. The van der Waals surface area contributed by atoms with Crippen LogP contribution in [0, 0.1) is 0 Å². The molecular formula is C10H16N4O2. The lowest BCUT2D eigenvalue weighted by molar-refractivity contribution is 0.201. The molecule has 0 aromatic carbocycles. The van der Waals surface area contributed by atoms with E-state index in [1.807, 2.05) is 0 Å². The van der Waals surface area contributed by atoms with E-state index in [1.165, 1.54) is 4.57 Å². The quantitative estimate of drug-likeness (QED) is 0.661. The van der Waals surface area contributed by atoms with E-state index in [4.69, 9.17) is 0 Å². The van der Waals surface area contributed by atoms with Crippen LogP contribution in [0.2, 0.25) is 0 Å². The van der Waals surface area contributed by atoms with E-state index in [-0.39, 0.29) is 17.8 Å². The Morgan fingerprint density at radius 2 is 1.81 bits per heavy atom. The molecule has 0 saturated carbocycles. The zero-order valence-corrected chi connectivity index (χ0v) is 9.97. The maximum atomic E-state index is 11.6. The zero-order chi connectivity index (χ0) is 12.0. The number of urea groups is 1. The van der Waals surface area contributed by atoms with Crippen molar-refractivity contribution in [3.05, 3.63) is 22.4 Å². The Morgan fingerprint density at radius 3 is 2.19 bits per heavy atom. The number of likely N-dealkylation sites (N-methyl/N-ethyl adjacent to an activating group) is 2. The molecule has 1 aromatic heterocycles. The molecule has 1 fully saturated rings. The first-order valence-corrected chi connectivity index (χ1v) is 5.13. The van der Waals surface area contributed by atoms with Gasteiger partial charge in [-0.15, -0.1) is 0 Å². The summed E-state index contributed by atoms with van der Waals surface area (Å²) in [5, 5.41) is 0. The van der Waals surface area contributed by atoms with E-state index < -0.39 is 0 Å². The molecule has 2 rings (SSSR count). The van der Waals surface area contributed by atoms with Crippen molar-refractivity contribution in [2.45, 2.75) is 6.04 Å². The molecule has 0 aliphatic carbocycles. The van der Waals surface area contributed by atoms with E-state index in [0.717, 1.165) is 5.69 Å². The van der Waals surface area contributed by atoms with Gasteiger partial charge < -0.3 is 14.4 Å². The predicted molar refractivity (Wildman–Crippen MR) is 59.2 cm³/mol. The van der Waals surface area contributed by atoms with Gasteiger partial charge in [-0.25, -0.2) is 9.59 Å². The summed E-state index contributed by atoms with van der Waals surface area (Å²) in [4.78, 5) is 26.6. The highest BCUT2D eigenvalue weighted by atomic mass is 16.2. The van der Waals surface area contributed by atoms with Gasteiger partial charge in [0.05, 0.1) is 11.7 Å². The largest absolute Gasteiger partial charge is 0.327 e. The van der Waals surface area contributed by atoms with Crippen LogP contribution in [0.1, 0.15) is 11.7 Å². The summed E-state index contributed by atoms with van der Waals surface area (Å²) < 4.78 is 3.12. The van der Waals surface area contributed by atoms with Crippen LogP contribution in [0.15, 0.2) is 11.0 Å². The van der Waals surface area contributed by atoms with Crippen molar-refractivity contribution >= 4 is 6.03 Å². The van der Waals surface area contributed by atoms with Crippen LogP contribution in [0.3, 0.4) is 0 Å². The van der Waals surface area contributed by atoms with E-state index in [0.29, 0.717) is 6.54 Å². The van der Waals surface area contributed by atoms with Crippen LogP contribution in [0.25, 0.3) is 0 Å². The van der Waals surface area contributed by atoms with Gasteiger partial charge in [-0.05, 0) is 0 Å². The van der Waals surface area contributed by atoms with Crippen LogP contribution >= 0.6 is 0 Å². The monoisotopic (exact) mass is 224 g/mol. The number of carbonyl (C=O) groups is 1. The van der Waals surface area contributed by atoms with Crippen molar-refractivity contribution in [2.24, 2.45) is 14.1 Å². The van der Waals surface area contributed by atoms with Crippen molar-refractivity contribution in [2.75, 3.05) is 20.6 Å². The molecule has 1 atom stereocenters. The molecule has 6 heteroatoms. The molecule has 2 amide bonds. The normalized spacial score (nSPS) is 21.0. The maximum absolute atomic E-state index is 11.6. The molecule has 1 aliphatic heterocycles. The second-order valence-electron chi connectivity index (χ2n) is 4.30. The molecule has 0 radical (unpaired) electrons. The Balaban J connectivity index is 2.43. The summed E-state index contributed by atoms with van der Waals surface area (Å²) >= 11 is 0. The van der Waals surface area contributed by atoms with Crippen molar-refractivity contribution in [3.8, 4) is 0 Å². The van der Waals surface area contributed by atoms with Crippen molar-refractivity contribution in [3.63, 3.8) is 0 Å². The standard InChI is InChI=1S/C10H16N4O2/c1-11-5-7(13(3)9(11)15)8-6-12(2)10(16)14(8)4/h5,8H,6H2,1-4H3. The second kappa shape index (κ2) is 3.40. The van der Waals surface area contributed by atoms with Gasteiger partial charge in [-0.2, -0.15) is 0 Å². The predicted octanol–water partition coefficient (Wildman–Crippen LogP) is -0.238. The van der Waals surface area contributed by atoms with Crippen LogP contribution in [0.4, 0.5) is 4.79 Å². The van der Waals surface area contributed by atoms with Gasteiger partial charge in [-0.1, -0.05) is 0 Å². The van der Waals surface area contributed by atoms with Crippen molar-refractivity contribution in [1.82, 2.24) is 18.9 Å². The number of aromatic nitrogens is 2. The average Bonchev–Trinajstić information content (AvgIpc) is 2.64. The van der Waals surface area contributed by atoms with E-state index >= 15 is 0 Å². The lowest BCUT2D eigenvalue weighted by Gasteiger charge is -2.17. The number of hydrogen-bond acceptors (Lipinski definition) is 2. The minimum absolute atomic E-state index is 0.0127. The van der Waals surface area contributed by atoms with Crippen molar-refractivity contribution < 1.29 is 4.79 Å². The first-order chi connectivity index (χ1) is 7.43. The average molecular weight is 224 g/mol. The summed E-state index contributed by atoms with van der Waals surface area (Å²) in [5.74, 6) is 0. The molecule has 1 saturated heterocycles. The Morgan fingerprint density at radius 1 is 1.19 bits per heavy atom. The van der Waals surface area contributed by atoms with Gasteiger partial charge in [0.1, 0.15) is 0 Å². The molecule has 1 aromatic rings. The number of hydrogen-bond donors (Lipinski definition) is 0. The number of carbonyl (C=O) groups excluding carboxylic acids is 1. The van der Waals surface area contributed by atoms with Crippen molar-refractivity contribution in [1.29, 1.82) is 0 Å². The number of nitrogens with zero attached hydrogens (tertiary/aromatic N) is 4. The highest BCUT2D eigenvalue weighted by Crippen LogP contribution is 2.25. The number of aryl methyl sites for hydroxylation is 1. The minimum atomic E-state index is -0.0644. The second-order valence-corrected chi connectivity index (χ2v) is 4.30. The fraction of sp³-hybridized carbons (Fsp3) is 0.600. The van der Waals surface area contributed by atoms with Crippen LogP contribution in [0.5, 0.6) is 0 Å². The SMILES string of the molecule is CN1CC(c2cn(C)c(=O)n2C)N(C)C1=O. The number of imidazole rings is 1. The topological polar surface area (TPSA) is 50.5 Å². The molecule has 0 bridgehead atoms. The summed E-state index contributed by atoms with van der Waals surface area (Å²) in [6.07, 6.45) is 1.79. The number of amides is 2. The van der Waals surface area contributed by atoms with Crippen LogP contribution in [-0.4, -0.2) is 45.6 Å². The van der Waals surface area contributed by atoms with Gasteiger partial charge >= 0.3 is 11.7 Å². The number of rotatable bonds is 1. The third-order valence-corrected chi connectivity index (χ3v) is 3.19. The first-order valence-electron chi connectivity index (χ1n) is 5.13. The summed E-state index contributed by atoms with van der Waals surface area (Å²) in [6, 6.07) is -0.0577. The summed E-state index contributed by atoms with van der Waals surface area (Å²) in [7, 11) is 6.97. The highest BCUT2D eigenvalue weighted by Gasteiger charge is 2.35. The highest BCUT2D eigenvalue weighted by molar-refractivity contribution is 5.76. The molecule has 1 unspecified atom stereocenters. The lowest BCUT2D eigenvalue weighted by atomic mass is 10.2. The van der Waals surface area contributed by atoms with Gasteiger partial charge in [0.15, 0.2) is 0 Å². The summed E-state index contributed by atoms with van der Waals surface area (Å²) in [5.41, 5.74) is 0.804. The van der Waals surface area contributed by atoms with E-state index in [9.17, 15) is 9.59 Å². The van der Waals surface area contributed by atoms with E-state index in [1.54, 1.807) is 48.8 Å². The Labute approximate surface area is 93.7 Å². The molecule has 1 aliphatic rings. The smallest absolute Gasteiger partial charge is 0.325 e. The fourth-order valence-corrected chi connectivity index (χ4v) is 2.15.